The van der Waals surface area contributed by atoms with Gasteiger partial charge in [-0.05, 0) is 114 Å². The third-order valence-electron chi connectivity index (χ3n) is 10.8. The summed E-state index contributed by atoms with van der Waals surface area (Å²) in [6, 6.07) is 28.1. The number of hydrogen-bond donors (Lipinski definition) is 2. The number of carboxylic acid groups (broad SMARTS) is 1. The van der Waals surface area contributed by atoms with Gasteiger partial charge in [0, 0.05) is 49.4 Å². The van der Waals surface area contributed by atoms with Gasteiger partial charge in [-0.3, -0.25) is 19.7 Å². The lowest BCUT2D eigenvalue weighted by Crippen LogP contribution is -2.54. The van der Waals surface area contributed by atoms with Gasteiger partial charge in [0.1, 0.15) is 36.5 Å². The third kappa shape index (κ3) is 9.50. The minimum Gasteiger partial charge on any atom is -0.489 e. The molecule has 3 atom stereocenters. The average molecular weight is 846 g/mol. The van der Waals surface area contributed by atoms with Crippen molar-refractivity contribution in [1.29, 1.82) is 0 Å². The molecule has 0 saturated carbocycles. The highest BCUT2D eigenvalue weighted by atomic mass is 35.5. The van der Waals surface area contributed by atoms with Crippen LogP contribution in [0.4, 0.5) is 0 Å². The predicted molar refractivity (Wildman–Crippen MR) is 227 cm³/mol. The molecule has 0 spiro atoms. The Hall–Kier alpha value is -6.14. The zero-order valence-electron chi connectivity index (χ0n) is 32.9. The van der Waals surface area contributed by atoms with Gasteiger partial charge in [0.25, 0.3) is 0 Å². The summed E-state index contributed by atoms with van der Waals surface area (Å²) in [6.45, 7) is 5.35. The van der Waals surface area contributed by atoms with Gasteiger partial charge in [0.15, 0.2) is 17.6 Å². The van der Waals surface area contributed by atoms with Crippen LogP contribution in [-0.4, -0.2) is 50.5 Å². The van der Waals surface area contributed by atoms with E-state index in [-0.39, 0.29) is 18.4 Å². The van der Waals surface area contributed by atoms with Gasteiger partial charge in [-0.15, -0.1) is 0 Å². The summed E-state index contributed by atoms with van der Waals surface area (Å²) in [5.74, 6) is 1.72. The van der Waals surface area contributed by atoms with Gasteiger partial charge in [0.05, 0.1) is 16.1 Å². The highest BCUT2D eigenvalue weighted by molar-refractivity contribution is 6.42. The zero-order chi connectivity index (χ0) is 41.8. The molecule has 0 aliphatic carbocycles. The number of aryl methyl sites for hydroxylation is 1. The van der Waals surface area contributed by atoms with Gasteiger partial charge in [0.2, 0.25) is 5.91 Å². The van der Waals surface area contributed by atoms with Crippen molar-refractivity contribution in [3.8, 4) is 28.7 Å². The molecule has 0 fully saturated rings. The van der Waals surface area contributed by atoms with Crippen LogP contribution in [0.25, 0.3) is 0 Å². The fourth-order valence-electron chi connectivity index (χ4n) is 7.35. The van der Waals surface area contributed by atoms with Gasteiger partial charge < -0.3 is 29.4 Å². The number of benzene rings is 4. The standard InChI is InChI=1S/C47H42Cl2N4O7/c1-28-29(2)51-17-15-42(28)59-37-10-5-30(6-11-37)19-40(47(55)56)52-46(54)41-20-34-21-43-44(22-35(34)25-53(41)24-32-4-3-16-50-23-32)60-45(27-58-43)33-8-12-36(13-9-33)57-26-31-7-14-38(48)39(49)18-31/h3-18,21-23,40-41,45H,19-20,24-27H2,1-2H3,(H,52,54)(H,55,56)/t40-,41-,45+/m0/s1. The molecule has 4 aromatic carbocycles. The first-order valence-electron chi connectivity index (χ1n) is 19.5. The Morgan fingerprint density at radius 2 is 1.65 bits per heavy atom. The number of ether oxygens (including phenoxy) is 4. The highest BCUT2D eigenvalue weighted by Gasteiger charge is 2.36. The van der Waals surface area contributed by atoms with Crippen LogP contribution in [-0.2, 0) is 42.1 Å². The second kappa shape index (κ2) is 18.0. The molecule has 4 heterocycles. The van der Waals surface area contributed by atoms with Crippen LogP contribution in [0.5, 0.6) is 28.7 Å². The summed E-state index contributed by atoms with van der Waals surface area (Å²) < 4.78 is 24.8. The number of nitrogens with one attached hydrogen (secondary N) is 1. The van der Waals surface area contributed by atoms with Crippen molar-refractivity contribution in [2.24, 2.45) is 0 Å². The van der Waals surface area contributed by atoms with Crippen molar-refractivity contribution in [3.63, 3.8) is 0 Å². The Morgan fingerprint density at radius 1 is 0.883 bits per heavy atom. The molecular weight excluding hydrogens is 803 g/mol. The second-order valence-corrected chi connectivity index (χ2v) is 15.8. The Balaban J connectivity index is 0.948. The number of nitrogens with zero attached hydrogens (tertiary/aromatic N) is 3. The number of amides is 1. The van der Waals surface area contributed by atoms with Gasteiger partial charge >= 0.3 is 5.97 Å². The van der Waals surface area contributed by atoms with Crippen LogP contribution < -0.4 is 24.3 Å². The van der Waals surface area contributed by atoms with E-state index in [4.69, 9.17) is 42.1 Å². The Labute approximate surface area is 357 Å². The molecule has 0 unspecified atom stereocenters. The Bertz CT molecular complexity index is 2500. The maximum absolute atomic E-state index is 14.1. The van der Waals surface area contributed by atoms with Crippen LogP contribution in [0.15, 0.2) is 116 Å². The van der Waals surface area contributed by atoms with Crippen molar-refractivity contribution < 1.29 is 33.6 Å². The summed E-state index contributed by atoms with van der Waals surface area (Å²) >= 11 is 12.2. The monoisotopic (exact) mass is 844 g/mol. The van der Waals surface area contributed by atoms with Gasteiger partial charge in [-0.2, -0.15) is 0 Å². The number of fused-ring (bicyclic) bond motifs is 2. The molecule has 11 nitrogen and oxygen atoms in total. The van der Waals surface area contributed by atoms with Crippen molar-refractivity contribution >= 4 is 35.1 Å². The van der Waals surface area contributed by atoms with Gasteiger partial charge in [-0.25, -0.2) is 4.79 Å². The van der Waals surface area contributed by atoms with Crippen LogP contribution in [0.2, 0.25) is 10.0 Å². The number of rotatable bonds is 13. The smallest absolute Gasteiger partial charge is 0.326 e. The van der Waals surface area contributed by atoms with E-state index in [0.29, 0.717) is 71.5 Å². The van der Waals surface area contributed by atoms with Crippen molar-refractivity contribution in [2.45, 2.75) is 64.6 Å². The van der Waals surface area contributed by atoms with Crippen molar-refractivity contribution in [2.75, 3.05) is 6.61 Å². The quantitative estimate of drug-likeness (QED) is 0.116. The first kappa shape index (κ1) is 40.6. The van der Waals surface area contributed by atoms with Crippen LogP contribution >= 0.6 is 23.2 Å². The van der Waals surface area contributed by atoms with Crippen LogP contribution in [0, 0.1) is 13.8 Å². The molecule has 6 aromatic rings. The maximum atomic E-state index is 14.1. The number of carbonyl (C=O) groups excluding carboxylic acids is 1. The van der Waals surface area contributed by atoms with E-state index in [1.165, 1.54) is 0 Å². The van der Waals surface area contributed by atoms with E-state index >= 15 is 0 Å². The number of hydrogen-bond acceptors (Lipinski definition) is 9. The number of aromatic nitrogens is 2. The van der Waals surface area contributed by atoms with Crippen LogP contribution in [0.1, 0.15) is 50.7 Å². The number of carbonyl (C=O) groups is 2. The first-order chi connectivity index (χ1) is 29.1. The summed E-state index contributed by atoms with van der Waals surface area (Å²) in [6.07, 6.45) is 5.26. The normalized spacial score (nSPS) is 16.3. The predicted octanol–water partition coefficient (Wildman–Crippen LogP) is 9.02. The summed E-state index contributed by atoms with van der Waals surface area (Å²) in [5.41, 5.74) is 7.25. The SMILES string of the molecule is Cc1nccc(Oc2ccc(C[C@H](NC(=O)[C@@H]3Cc4cc5c(cc4CN3Cc3cccnc3)O[C@@H](c3ccc(OCc4ccc(Cl)c(Cl)c4)cc3)CO5)C(=O)O)cc2)c1C. The Morgan fingerprint density at radius 3 is 2.40 bits per heavy atom. The van der Waals surface area contributed by atoms with E-state index in [1.54, 1.807) is 48.9 Å². The molecule has 0 bridgehead atoms. The largest absolute Gasteiger partial charge is 0.489 e. The lowest BCUT2D eigenvalue weighted by atomic mass is 9.91. The lowest BCUT2D eigenvalue weighted by Gasteiger charge is -2.37. The molecule has 8 rings (SSSR count). The number of carboxylic acids is 1. The third-order valence-corrected chi connectivity index (χ3v) is 11.6. The maximum Gasteiger partial charge on any atom is 0.326 e. The van der Waals surface area contributed by atoms with E-state index in [0.717, 1.165) is 44.6 Å². The molecule has 1 amide bonds. The molecule has 0 saturated heterocycles. The summed E-state index contributed by atoms with van der Waals surface area (Å²) in [5, 5.41) is 14.1. The minimum atomic E-state index is -1.16. The summed E-state index contributed by atoms with van der Waals surface area (Å²) in [4.78, 5) is 37.3. The zero-order valence-corrected chi connectivity index (χ0v) is 34.5. The second-order valence-electron chi connectivity index (χ2n) is 14.9. The fraction of sp³-hybridized carbons (Fsp3) is 0.234. The molecule has 60 heavy (non-hydrogen) atoms. The van der Waals surface area contributed by atoms with Crippen molar-refractivity contribution in [1.82, 2.24) is 20.2 Å². The fourth-order valence-corrected chi connectivity index (χ4v) is 7.67. The molecule has 13 heteroatoms. The number of aliphatic carboxylic acids is 1. The first-order valence-corrected chi connectivity index (χ1v) is 20.3. The van der Waals surface area contributed by atoms with E-state index < -0.39 is 18.1 Å². The van der Waals surface area contributed by atoms with E-state index in [1.807, 2.05) is 85.5 Å². The molecule has 306 valence electrons. The molecule has 2 aliphatic rings. The number of pyridine rings is 2. The molecule has 2 aliphatic heterocycles. The molecule has 0 radical (unpaired) electrons. The lowest BCUT2D eigenvalue weighted by molar-refractivity contribution is -0.142. The molecular formula is C47H42Cl2N4O7. The van der Waals surface area contributed by atoms with Crippen LogP contribution in [0.3, 0.4) is 0 Å². The van der Waals surface area contributed by atoms with Crippen molar-refractivity contribution in [3.05, 3.63) is 170 Å². The van der Waals surface area contributed by atoms with Gasteiger partial charge in [-0.1, -0.05) is 59.6 Å². The van der Waals surface area contributed by atoms with E-state index in [2.05, 4.69) is 15.3 Å². The molecule has 2 N–H and O–H groups in total. The van der Waals surface area contributed by atoms with E-state index in [9.17, 15) is 14.7 Å². The highest BCUT2D eigenvalue weighted by Crippen LogP contribution is 2.41. The number of halogens is 2. The Kier molecular flexibility index (Phi) is 12.2. The summed E-state index contributed by atoms with van der Waals surface area (Å²) in [7, 11) is 0. The average Bonchev–Trinajstić information content (AvgIpc) is 3.25. The topological polar surface area (TPSA) is 132 Å². The minimum absolute atomic E-state index is 0.0923. The molecule has 2 aromatic heterocycles.